The third-order valence-electron chi connectivity index (χ3n) is 8.14. The summed E-state index contributed by atoms with van der Waals surface area (Å²) in [5.74, 6) is -1.03. The highest BCUT2D eigenvalue weighted by Crippen LogP contribution is 2.44. The van der Waals surface area contributed by atoms with Gasteiger partial charge in [-0.15, -0.1) is 0 Å². The first kappa shape index (κ1) is 24.7. The molecule has 5 rings (SSSR count). The van der Waals surface area contributed by atoms with Crippen molar-refractivity contribution in [2.45, 2.75) is 50.7 Å². The quantitative estimate of drug-likeness (QED) is 0.326. The number of nitrogens with one attached hydrogen (secondary N) is 1. The molecule has 9 heteroatoms. The Bertz CT molecular complexity index is 1330. The van der Waals surface area contributed by atoms with E-state index in [4.69, 9.17) is 5.73 Å². The molecule has 0 bridgehead atoms. The number of nitrogens with two attached hydrogens (primary N) is 1. The molecule has 190 valence electrons. The van der Waals surface area contributed by atoms with Gasteiger partial charge in [0.05, 0.1) is 0 Å². The number of rotatable bonds is 8. The predicted octanol–water partition coefficient (Wildman–Crippen LogP) is 2.34. The molecule has 0 radical (unpaired) electrons. The normalized spacial score (nSPS) is 24.9. The number of carbonyl (C=O) groups is 4. The number of fused-ring (bicyclic) bond motifs is 2. The summed E-state index contributed by atoms with van der Waals surface area (Å²) in [6, 6.07) is 15.7. The van der Waals surface area contributed by atoms with Gasteiger partial charge in [0, 0.05) is 18.2 Å². The van der Waals surface area contributed by atoms with Crippen LogP contribution >= 0.6 is 0 Å². The van der Waals surface area contributed by atoms with E-state index < -0.39 is 41.0 Å². The SMILES string of the molecule is C[C@@H](C1CC1)N(Cc1ccccc1)C(=O)C[N+]1(CC#N)C(=O)NC2(CCc3cc(C(N)=O)ccc32)C1=O. The summed E-state index contributed by atoms with van der Waals surface area (Å²) in [4.78, 5) is 54.9. The zero-order chi connectivity index (χ0) is 26.4. The maximum absolute atomic E-state index is 14.1. The first-order valence-electron chi connectivity index (χ1n) is 12.6. The van der Waals surface area contributed by atoms with Gasteiger partial charge in [0.1, 0.15) is 6.07 Å². The molecule has 1 aliphatic heterocycles. The van der Waals surface area contributed by atoms with Crippen LogP contribution in [0.5, 0.6) is 0 Å². The molecule has 1 saturated carbocycles. The minimum absolute atomic E-state index is 0.0519. The molecule has 2 aromatic carbocycles. The fourth-order valence-corrected chi connectivity index (χ4v) is 5.84. The first-order valence-corrected chi connectivity index (χ1v) is 12.6. The van der Waals surface area contributed by atoms with Gasteiger partial charge in [-0.25, -0.2) is 9.59 Å². The number of benzene rings is 2. The lowest BCUT2D eigenvalue weighted by molar-refractivity contribution is -0.752. The van der Waals surface area contributed by atoms with Crippen molar-refractivity contribution in [2.24, 2.45) is 11.7 Å². The lowest BCUT2D eigenvalue weighted by atomic mass is 9.90. The van der Waals surface area contributed by atoms with E-state index in [0.29, 0.717) is 36.4 Å². The molecule has 5 amide bonds. The minimum Gasteiger partial charge on any atom is -0.366 e. The molecule has 1 heterocycles. The van der Waals surface area contributed by atoms with E-state index in [1.54, 1.807) is 17.0 Å². The van der Waals surface area contributed by atoms with Crippen molar-refractivity contribution in [3.63, 3.8) is 0 Å². The van der Waals surface area contributed by atoms with Crippen molar-refractivity contribution in [2.75, 3.05) is 13.1 Å². The maximum atomic E-state index is 14.1. The Balaban J connectivity index is 1.48. The van der Waals surface area contributed by atoms with Gasteiger partial charge in [-0.05, 0) is 67.3 Å². The highest BCUT2D eigenvalue weighted by Gasteiger charge is 2.67. The van der Waals surface area contributed by atoms with Gasteiger partial charge in [0.15, 0.2) is 18.6 Å². The molecule has 3 aliphatic rings. The monoisotopic (exact) mass is 500 g/mol. The molecule has 1 spiro atoms. The Morgan fingerprint density at radius 3 is 2.59 bits per heavy atom. The van der Waals surface area contributed by atoms with Crippen molar-refractivity contribution in [1.82, 2.24) is 10.2 Å². The lowest BCUT2D eigenvalue weighted by Gasteiger charge is -2.33. The standard InChI is InChI=1S/C28H29N5O4/c1-18(20-7-8-20)32(16-19-5-3-2-4-6-19)24(34)17-33(14-13-29)26(36)28(31-27(33)37)12-11-21-15-22(25(30)35)9-10-23(21)28/h2-6,9-10,15,18,20H,7-8,11-12,14,16-17H2,1H3,(H2-,30,31,35,37)/p+1/t18-,28?,33?/m0/s1. The Morgan fingerprint density at radius 1 is 1.22 bits per heavy atom. The second-order valence-electron chi connectivity index (χ2n) is 10.4. The van der Waals surface area contributed by atoms with Crippen LogP contribution in [0.25, 0.3) is 0 Å². The Kier molecular flexibility index (Phi) is 6.08. The molecule has 0 aromatic heterocycles. The van der Waals surface area contributed by atoms with Crippen LogP contribution in [0.4, 0.5) is 4.79 Å². The van der Waals surface area contributed by atoms with E-state index >= 15 is 0 Å². The van der Waals surface area contributed by atoms with Crippen molar-refractivity contribution in [1.29, 1.82) is 5.26 Å². The number of primary amides is 1. The third kappa shape index (κ3) is 4.07. The second kappa shape index (κ2) is 9.12. The van der Waals surface area contributed by atoms with E-state index in [-0.39, 0.29) is 11.9 Å². The molecule has 3 N–H and O–H groups in total. The zero-order valence-corrected chi connectivity index (χ0v) is 20.8. The zero-order valence-electron chi connectivity index (χ0n) is 20.8. The van der Waals surface area contributed by atoms with E-state index in [2.05, 4.69) is 5.32 Å². The number of amides is 5. The summed E-state index contributed by atoms with van der Waals surface area (Å²) in [6.45, 7) is 1.51. The average Bonchev–Trinajstić information content (AvgIpc) is 3.65. The van der Waals surface area contributed by atoms with Crippen molar-refractivity contribution in [3.05, 3.63) is 70.8 Å². The van der Waals surface area contributed by atoms with Crippen molar-refractivity contribution >= 4 is 23.8 Å². The van der Waals surface area contributed by atoms with Crippen LogP contribution in [0.15, 0.2) is 48.5 Å². The number of hydrogen-bond acceptors (Lipinski definition) is 5. The maximum Gasteiger partial charge on any atom is 0.426 e. The average molecular weight is 501 g/mol. The molecule has 37 heavy (non-hydrogen) atoms. The second-order valence-corrected chi connectivity index (χ2v) is 10.4. The van der Waals surface area contributed by atoms with Crippen LogP contribution in [0, 0.1) is 17.2 Å². The number of carbonyl (C=O) groups excluding carboxylic acids is 4. The molecule has 2 unspecified atom stereocenters. The lowest BCUT2D eigenvalue weighted by Crippen LogP contribution is -2.60. The van der Waals surface area contributed by atoms with E-state index in [1.807, 2.05) is 43.3 Å². The van der Waals surface area contributed by atoms with Gasteiger partial charge in [0.25, 0.3) is 5.91 Å². The number of aryl methyl sites for hydroxylation is 1. The Morgan fingerprint density at radius 2 is 1.95 bits per heavy atom. The minimum atomic E-state index is -1.34. The van der Waals surface area contributed by atoms with Gasteiger partial charge in [-0.1, -0.05) is 36.4 Å². The largest absolute Gasteiger partial charge is 0.426 e. The summed E-state index contributed by atoms with van der Waals surface area (Å²) in [6.07, 6.45) is 2.82. The van der Waals surface area contributed by atoms with Gasteiger partial charge in [-0.2, -0.15) is 9.74 Å². The molecule has 1 saturated heterocycles. The van der Waals surface area contributed by atoms with Gasteiger partial charge < -0.3 is 10.6 Å². The van der Waals surface area contributed by atoms with E-state index in [9.17, 15) is 24.4 Å². The summed E-state index contributed by atoms with van der Waals surface area (Å²) in [5, 5.41) is 12.5. The smallest absolute Gasteiger partial charge is 0.366 e. The summed E-state index contributed by atoms with van der Waals surface area (Å²) in [7, 11) is 0. The highest BCUT2D eigenvalue weighted by molar-refractivity contribution is 6.02. The van der Waals surface area contributed by atoms with E-state index in [0.717, 1.165) is 24.0 Å². The van der Waals surface area contributed by atoms with Crippen LogP contribution in [-0.4, -0.2) is 52.3 Å². The van der Waals surface area contributed by atoms with E-state index in [1.165, 1.54) is 6.07 Å². The molecular weight excluding hydrogens is 470 g/mol. The number of urea groups is 1. The summed E-state index contributed by atoms with van der Waals surface area (Å²) in [5.41, 5.74) is 6.70. The number of nitrogens with zero attached hydrogens (tertiary/aromatic N) is 3. The topological polar surface area (TPSA) is 133 Å². The van der Waals surface area contributed by atoms with Crippen LogP contribution in [-0.2, 0) is 28.1 Å². The predicted molar refractivity (Wildman–Crippen MR) is 133 cm³/mol. The fourth-order valence-electron chi connectivity index (χ4n) is 5.84. The highest BCUT2D eigenvalue weighted by atomic mass is 16.2. The van der Waals surface area contributed by atoms with Crippen molar-refractivity contribution < 1.29 is 23.7 Å². The Hall–Kier alpha value is -4.03. The number of quaternary nitrogens is 1. The summed E-state index contributed by atoms with van der Waals surface area (Å²) >= 11 is 0. The molecular formula is C28H30N5O4+. The molecule has 3 atom stereocenters. The number of imide groups is 1. The number of nitriles is 1. The van der Waals surface area contributed by atoms with Gasteiger partial charge in [-0.3, -0.25) is 14.9 Å². The number of hydrogen-bond donors (Lipinski definition) is 2. The van der Waals surface area contributed by atoms with Gasteiger partial charge >= 0.3 is 11.9 Å². The summed E-state index contributed by atoms with van der Waals surface area (Å²) < 4.78 is -0.894. The molecule has 2 aromatic rings. The van der Waals surface area contributed by atoms with Crippen LogP contribution in [0.2, 0.25) is 0 Å². The third-order valence-corrected chi connectivity index (χ3v) is 8.14. The first-order chi connectivity index (χ1) is 17.7. The fraction of sp³-hybridized carbons (Fsp3) is 0.393. The Labute approximate surface area is 215 Å². The van der Waals surface area contributed by atoms with Crippen LogP contribution < -0.4 is 11.1 Å². The van der Waals surface area contributed by atoms with Crippen LogP contribution in [0.3, 0.4) is 0 Å². The molecule has 2 fully saturated rings. The van der Waals surface area contributed by atoms with Crippen molar-refractivity contribution in [3.8, 4) is 6.07 Å². The van der Waals surface area contributed by atoms with Gasteiger partial charge in [0.2, 0.25) is 5.91 Å². The molecule has 2 aliphatic carbocycles. The molecule has 9 nitrogen and oxygen atoms in total. The van der Waals surface area contributed by atoms with Crippen LogP contribution in [0.1, 0.15) is 53.2 Å².